The maximum atomic E-state index is 14.4. The summed E-state index contributed by atoms with van der Waals surface area (Å²) >= 11 is 0. The highest BCUT2D eigenvalue weighted by molar-refractivity contribution is 7.92. The monoisotopic (exact) mass is 601 g/mol. The largest absolute Gasteiger partial charge is 0.354 e. The van der Waals surface area contributed by atoms with E-state index in [0.29, 0.717) is 13.0 Å². The fourth-order valence-corrected chi connectivity index (χ4v) is 6.16. The number of hydrogen-bond donors (Lipinski definition) is 1. The van der Waals surface area contributed by atoms with Gasteiger partial charge >= 0.3 is 0 Å². The van der Waals surface area contributed by atoms with Crippen LogP contribution in [0.1, 0.15) is 30.0 Å². The van der Waals surface area contributed by atoms with Gasteiger partial charge in [0.25, 0.3) is 10.0 Å². The first-order chi connectivity index (χ1) is 20.7. The minimum Gasteiger partial charge on any atom is -0.354 e. The molecule has 1 atom stereocenters. The van der Waals surface area contributed by atoms with Crippen LogP contribution in [0.3, 0.4) is 0 Å². The second-order valence-corrected chi connectivity index (χ2v) is 12.1. The summed E-state index contributed by atoms with van der Waals surface area (Å²) in [7, 11) is -4.28. The molecule has 0 aliphatic heterocycles. The number of para-hydroxylation sites is 1. The molecule has 7 nitrogen and oxygen atoms in total. The predicted octanol–water partition coefficient (Wildman–Crippen LogP) is 5.50. The van der Waals surface area contributed by atoms with E-state index in [2.05, 4.69) is 5.32 Å². The van der Waals surface area contributed by atoms with Crippen molar-refractivity contribution in [3.8, 4) is 0 Å². The number of halogens is 1. The van der Waals surface area contributed by atoms with E-state index < -0.39 is 34.3 Å². The Balaban J connectivity index is 1.78. The van der Waals surface area contributed by atoms with Crippen LogP contribution in [0.15, 0.2) is 114 Å². The average molecular weight is 602 g/mol. The van der Waals surface area contributed by atoms with Gasteiger partial charge in [-0.3, -0.25) is 13.9 Å². The number of aryl methyl sites for hydroxylation is 1. The van der Waals surface area contributed by atoms with E-state index in [-0.39, 0.29) is 29.5 Å². The van der Waals surface area contributed by atoms with Crippen LogP contribution >= 0.6 is 0 Å². The van der Waals surface area contributed by atoms with Gasteiger partial charge in [-0.15, -0.1) is 0 Å². The van der Waals surface area contributed by atoms with Crippen molar-refractivity contribution < 1.29 is 22.4 Å². The zero-order valence-electron chi connectivity index (χ0n) is 24.3. The molecule has 224 valence electrons. The molecule has 2 amide bonds. The third-order valence-corrected chi connectivity index (χ3v) is 8.94. The van der Waals surface area contributed by atoms with E-state index in [9.17, 15) is 22.4 Å². The first-order valence-corrected chi connectivity index (χ1v) is 15.6. The normalized spacial score (nSPS) is 11.9. The van der Waals surface area contributed by atoms with Crippen LogP contribution < -0.4 is 9.62 Å². The lowest BCUT2D eigenvalue weighted by Crippen LogP contribution is -2.53. The van der Waals surface area contributed by atoms with Crippen molar-refractivity contribution in [1.29, 1.82) is 0 Å². The highest BCUT2D eigenvalue weighted by Crippen LogP contribution is 2.25. The van der Waals surface area contributed by atoms with Crippen LogP contribution in [-0.2, 0) is 32.6 Å². The maximum Gasteiger partial charge on any atom is 0.264 e. The molecule has 0 saturated carbocycles. The molecule has 0 spiro atoms. The minimum absolute atomic E-state index is 0.0990. The van der Waals surface area contributed by atoms with E-state index in [1.807, 2.05) is 68.4 Å². The summed E-state index contributed by atoms with van der Waals surface area (Å²) in [5.74, 6) is -1.45. The Labute approximate surface area is 253 Å². The van der Waals surface area contributed by atoms with Gasteiger partial charge in [0.15, 0.2) is 0 Å². The summed E-state index contributed by atoms with van der Waals surface area (Å²) in [6, 6.07) is 28.8. The second kappa shape index (κ2) is 14.6. The number of nitrogens with zero attached hydrogens (tertiary/aromatic N) is 2. The molecule has 0 fully saturated rings. The summed E-state index contributed by atoms with van der Waals surface area (Å²) in [5.41, 5.74) is 2.91. The van der Waals surface area contributed by atoms with Gasteiger partial charge < -0.3 is 10.2 Å². The topological polar surface area (TPSA) is 86.8 Å². The van der Waals surface area contributed by atoms with Crippen LogP contribution in [0.25, 0.3) is 0 Å². The highest BCUT2D eigenvalue weighted by Gasteiger charge is 2.34. The van der Waals surface area contributed by atoms with Crippen molar-refractivity contribution in [2.45, 2.75) is 44.2 Å². The number of carbonyl (C=O) groups is 2. The molecule has 0 radical (unpaired) electrons. The van der Waals surface area contributed by atoms with Gasteiger partial charge in [-0.2, -0.15) is 0 Å². The van der Waals surface area contributed by atoms with Crippen molar-refractivity contribution >= 4 is 27.5 Å². The molecule has 0 aromatic heterocycles. The van der Waals surface area contributed by atoms with Gasteiger partial charge in [-0.25, -0.2) is 12.8 Å². The lowest BCUT2D eigenvalue weighted by molar-refractivity contribution is -0.140. The summed E-state index contributed by atoms with van der Waals surface area (Å²) in [6.45, 7) is 3.84. The Morgan fingerprint density at radius 2 is 1.44 bits per heavy atom. The van der Waals surface area contributed by atoms with E-state index in [1.165, 1.54) is 17.0 Å². The van der Waals surface area contributed by atoms with Crippen molar-refractivity contribution in [3.05, 3.63) is 132 Å². The molecule has 0 unspecified atom stereocenters. The van der Waals surface area contributed by atoms with Crippen LogP contribution in [0.5, 0.6) is 0 Å². The number of sulfonamides is 1. The molecule has 0 aliphatic carbocycles. The van der Waals surface area contributed by atoms with Gasteiger partial charge in [0.05, 0.1) is 10.6 Å². The second-order valence-electron chi connectivity index (χ2n) is 10.2. The van der Waals surface area contributed by atoms with E-state index in [0.717, 1.165) is 33.1 Å². The Hall–Kier alpha value is -4.50. The summed E-state index contributed by atoms with van der Waals surface area (Å²) in [5, 5.41) is 2.93. The summed E-state index contributed by atoms with van der Waals surface area (Å²) in [4.78, 5) is 29.3. The number of amides is 2. The fourth-order valence-electron chi connectivity index (χ4n) is 4.75. The van der Waals surface area contributed by atoms with Crippen LogP contribution in [0.4, 0.5) is 10.1 Å². The van der Waals surface area contributed by atoms with E-state index >= 15 is 0 Å². The van der Waals surface area contributed by atoms with Crippen molar-refractivity contribution in [2.24, 2.45) is 0 Å². The first-order valence-electron chi connectivity index (χ1n) is 14.2. The Morgan fingerprint density at radius 3 is 2.07 bits per heavy atom. The predicted molar refractivity (Wildman–Crippen MR) is 166 cm³/mol. The number of hydrogen-bond acceptors (Lipinski definition) is 4. The zero-order valence-corrected chi connectivity index (χ0v) is 25.1. The summed E-state index contributed by atoms with van der Waals surface area (Å²) in [6.07, 6.45) is 0.956. The number of benzene rings is 4. The Kier molecular flexibility index (Phi) is 10.7. The number of anilines is 1. The molecule has 0 bridgehead atoms. The molecule has 1 N–H and O–H groups in total. The Morgan fingerprint density at radius 1 is 0.837 bits per heavy atom. The van der Waals surface area contributed by atoms with Crippen LogP contribution in [-0.4, -0.2) is 44.3 Å². The molecule has 4 aromatic carbocycles. The molecule has 4 rings (SSSR count). The molecular weight excluding hydrogens is 565 g/mol. The zero-order chi connectivity index (χ0) is 30.8. The smallest absolute Gasteiger partial charge is 0.264 e. The van der Waals surface area contributed by atoms with Gasteiger partial charge in [-0.05, 0) is 66.4 Å². The van der Waals surface area contributed by atoms with Crippen molar-refractivity contribution in [1.82, 2.24) is 10.2 Å². The van der Waals surface area contributed by atoms with Gasteiger partial charge in [-0.1, -0.05) is 79.7 Å². The third kappa shape index (κ3) is 8.08. The van der Waals surface area contributed by atoms with Gasteiger partial charge in [0.2, 0.25) is 11.8 Å². The van der Waals surface area contributed by atoms with Crippen molar-refractivity contribution in [2.75, 3.05) is 17.4 Å². The molecule has 43 heavy (non-hydrogen) atoms. The molecule has 0 saturated heterocycles. The third-order valence-electron chi connectivity index (χ3n) is 7.15. The summed E-state index contributed by atoms with van der Waals surface area (Å²) < 4.78 is 42.5. The van der Waals surface area contributed by atoms with Gasteiger partial charge in [0, 0.05) is 19.5 Å². The SMILES string of the molecule is CCCNC(=O)[C@H](Cc1ccccc1)N(Cc1ccccc1C)C(=O)CN(c1ccccc1)S(=O)(=O)c1ccc(F)cc1. The lowest BCUT2D eigenvalue weighted by Gasteiger charge is -2.34. The lowest BCUT2D eigenvalue weighted by atomic mass is 10.0. The van der Waals surface area contributed by atoms with Gasteiger partial charge in [0.1, 0.15) is 18.4 Å². The molecule has 0 aliphatic rings. The highest BCUT2D eigenvalue weighted by atomic mass is 32.2. The van der Waals surface area contributed by atoms with E-state index in [4.69, 9.17) is 0 Å². The molecule has 9 heteroatoms. The Bertz CT molecular complexity index is 1610. The molecule has 4 aromatic rings. The van der Waals surface area contributed by atoms with Crippen LogP contribution in [0, 0.1) is 12.7 Å². The fraction of sp³-hybridized carbons (Fsp3) is 0.235. The quantitative estimate of drug-likeness (QED) is 0.219. The molecule has 0 heterocycles. The molecular formula is C34H36FN3O4S. The maximum absolute atomic E-state index is 14.4. The standard InChI is InChI=1S/C34H36FN3O4S/c1-3-22-36-34(40)32(23-27-13-6-4-7-14-27)37(24-28-15-11-10-12-26(28)2)33(39)25-38(30-16-8-5-9-17-30)43(41,42)31-20-18-29(35)19-21-31/h4-21,32H,3,22-25H2,1-2H3,(H,36,40)/t32-/m0/s1. The number of carbonyl (C=O) groups excluding carboxylic acids is 2. The van der Waals surface area contributed by atoms with Crippen molar-refractivity contribution in [3.63, 3.8) is 0 Å². The average Bonchev–Trinajstić information content (AvgIpc) is 3.02. The first kappa shape index (κ1) is 31.4. The van der Waals surface area contributed by atoms with E-state index in [1.54, 1.807) is 30.3 Å². The van der Waals surface area contributed by atoms with Crippen LogP contribution in [0.2, 0.25) is 0 Å². The number of rotatable bonds is 13. The minimum atomic E-state index is -4.28. The number of nitrogens with one attached hydrogen (secondary N) is 1.